The Morgan fingerprint density at radius 1 is 1.22 bits per heavy atom. The van der Waals surface area contributed by atoms with Gasteiger partial charge in [0.1, 0.15) is 0 Å². The monoisotopic (exact) mass is 441 g/mol. The van der Waals surface area contributed by atoms with Crippen LogP contribution < -0.4 is 10.6 Å². The molecule has 1 unspecified atom stereocenters. The fraction of sp³-hybridized carbons (Fsp3) is 0.389. The number of aliphatic imine (C=N–C) groups is 1. The molecule has 0 spiro atoms. The van der Waals surface area contributed by atoms with E-state index in [0.717, 1.165) is 12.5 Å². The van der Waals surface area contributed by atoms with Gasteiger partial charge in [-0.3, -0.25) is 4.99 Å². The molecule has 0 saturated carbocycles. The lowest BCUT2D eigenvalue weighted by molar-refractivity contribution is 0.582. The third-order valence-electron chi connectivity index (χ3n) is 4.05. The Labute approximate surface area is 159 Å². The Morgan fingerprint density at radius 3 is 2.83 bits per heavy atom. The number of thioether (sulfide) groups is 1. The van der Waals surface area contributed by atoms with E-state index in [1.807, 2.05) is 18.8 Å². The molecule has 0 bridgehead atoms. The highest BCUT2D eigenvalue weighted by Gasteiger charge is 2.14. The molecule has 2 aromatic carbocycles. The molecule has 3 nitrogen and oxygen atoms in total. The summed E-state index contributed by atoms with van der Waals surface area (Å²) in [6.45, 7) is 0.793. The minimum atomic E-state index is 0. The number of hydrogen-bond acceptors (Lipinski definition) is 2. The van der Waals surface area contributed by atoms with Gasteiger partial charge in [0.15, 0.2) is 5.96 Å². The Kier molecular flexibility index (Phi) is 7.49. The van der Waals surface area contributed by atoms with Gasteiger partial charge in [0.25, 0.3) is 0 Å². The lowest BCUT2D eigenvalue weighted by Gasteiger charge is -2.24. The molecule has 2 N–H and O–H groups in total. The van der Waals surface area contributed by atoms with E-state index >= 15 is 0 Å². The van der Waals surface area contributed by atoms with E-state index in [1.165, 1.54) is 40.7 Å². The maximum absolute atomic E-state index is 4.36. The summed E-state index contributed by atoms with van der Waals surface area (Å²) < 4.78 is 0. The molecule has 3 rings (SSSR count). The molecule has 0 amide bonds. The number of hydrogen-bond donors (Lipinski definition) is 2. The minimum Gasteiger partial charge on any atom is -0.353 e. The van der Waals surface area contributed by atoms with Gasteiger partial charge >= 0.3 is 0 Å². The van der Waals surface area contributed by atoms with Crippen molar-refractivity contribution in [2.45, 2.75) is 25.4 Å². The van der Waals surface area contributed by atoms with Crippen LogP contribution in [-0.2, 0) is 6.54 Å². The zero-order valence-electron chi connectivity index (χ0n) is 13.4. The van der Waals surface area contributed by atoms with E-state index in [4.69, 9.17) is 0 Å². The Hall–Kier alpha value is -0.950. The van der Waals surface area contributed by atoms with Crippen LogP contribution in [0.25, 0.3) is 10.8 Å². The van der Waals surface area contributed by atoms with Gasteiger partial charge in [0, 0.05) is 25.4 Å². The molecule has 124 valence electrons. The second kappa shape index (κ2) is 9.37. The summed E-state index contributed by atoms with van der Waals surface area (Å²) in [6.07, 6.45) is 2.53. The largest absolute Gasteiger partial charge is 0.353 e. The van der Waals surface area contributed by atoms with Crippen LogP contribution in [0.2, 0.25) is 0 Å². The summed E-state index contributed by atoms with van der Waals surface area (Å²) in [7, 11) is 1.84. The van der Waals surface area contributed by atoms with E-state index in [9.17, 15) is 0 Å². The normalized spacial score (nSPS) is 18.3. The maximum Gasteiger partial charge on any atom is 0.191 e. The topological polar surface area (TPSA) is 36.4 Å². The average Bonchev–Trinajstić information content (AvgIpc) is 2.59. The number of nitrogens with one attached hydrogen (secondary N) is 2. The van der Waals surface area contributed by atoms with Gasteiger partial charge < -0.3 is 10.6 Å². The quantitative estimate of drug-likeness (QED) is 0.429. The van der Waals surface area contributed by atoms with Crippen LogP contribution in [0.5, 0.6) is 0 Å². The van der Waals surface area contributed by atoms with Gasteiger partial charge in [-0.1, -0.05) is 42.5 Å². The van der Waals surface area contributed by atoms with Crippen molar-refractivity contribution in [1.29, 1.82) is 0 Å². The predicted molar refractivity (Wildman–Crippen MR) is 113 cm³/mol. The summed E-state index contributed by atoms with van der Waals surface area (Å²) in [5.41, 5.74) is 1.30. The van der Waals surface area contributed by atoms with Gasteiger partial charge in [-0.05, 0) is 34.9 Å². The van der Waals surface area contributed by atoms with Crippen LogP contribution >= 0.6 is 35.7 Å². The third-order valence-corrected chi connectivity index (χ3v) is 5.27. The molecule has 1 fully saturated rings. The van der Waals surface area contributed by atoms with E-state index in [2.05, 4.69) is 58.1 Å². The lowest BCUT2D eigenvalue weighted by atomic mass is 10.0. The number of rotatable bonds is 3. The van der Waals surface area contributed by atoms with Crippen molar-refractivity contribution in [3.63, 3.8) is 0 Å². The second-order valence-corrected chi connectivity index (χ2v) is 6.77. The summed E-state index contributed by atoms with van der Waals surface area (Å²) in [5, 5.41) is 9.59. The summed E-state index contributed by atoms with van der Waals surface area (Å²) in [4.78, 5) is 4.36. The van der Waals surface area contributed by atoms with Crippen LogP contribution in [0, 0.1) is 0 Å². The molecule has 0 aliphatic carbocycles. The second-order valence-electron chi connectivity index (χ2n) is 5.62. The van der Waals surface area contributed by atoms with Gasteiger partial charge in [-0.25, -0.2) is 0 Å². The highest BCUT2D eigenvalue weighted by Crippen LogP contribution is 2.19. The highest BCUT2D eigenvalue weighted by atomic mass is 127. The molecular formula is C18H24IN3S. The van der Waals surface area contributed by atoms with Crippen LogP contribution in [0.1, 0.15) is 18.4 Å². The number of fused-ring (bicyclic) bond motifs is 1. The fourth-order valence-corrected chi connectivity index (χ4v) is 3.94. The summed E-state index contributed by atoms with van der Waals surface area (Å²) in [5.74, 6) is 3.37. The van der Waals surface area contributed by atoms with E-state index in [1.54, 1.807) is 0 Å². The highest BCUT2D eigenvalue weighted by molar-refractivity contribution is 14.0. The van der Waals surface area contributed by atoms with Gasteiger partial charge in [0.05, 0.1) is 0 Å². The molecule has 23 heavy (non-hydrogen) atoms. The number of guanidine groups is 1. The lowest BCUT2D eigenvalue weighted by Crippen LogP contribution is -2.45. The molecule has 1 saturated heterocycles. The fourth-order valence-electron chi connectivity index (χ4n) is 2.87. The zero-order valence-corrected chi connectivity index (χ0v) is 16.6. The predicted octanol–water partition coefficient (Wildman–Crippen LogP) is 4.02. The van der Waals surface area contributed by atoms with E-state index in [0.29, 0.717) is 6.04 Å². The summed E-state index contributed by atoms with van der Waals surface area (Å²) in [6, 6.07) is 15.5. The molecule has 2 aromatic rings. The molecule has 1 aliphatic heterocycles. The van der Waals surface area contributed by atoms with Gasteiger partial charge in [-0.2, -0.15) is 11.8 Å². The van der Waals surface area contributed by atoms with Crippen molar-refractivity contribution < 1.29 is 0 Å². The molecule has 1 atom stereocenters. The van der Waals surface area contributed by atoms with Crippen molar-refractivity contribution in [1.82, 2.24) is 10.6 Å². The van der Waals surface area contributed by atoms with E-state index in [-0.39, 0.29) is 24.0 Å². The first kappa shape index (κ1) is 18.4. The smallest absolute Gasteiger partial charge is 0.191 e. The van der Waals surface area contributed by atoms with E-state index < -0.39 is 0 Å². The molecule has 5 heteroatoms. The number of nitrogens with zero attached hydrogens (tertiary/aromatic N) is 1. The molecule has 0 aromatic heterocycles. The van der Waals surface area contributed by atoms with Crippen molar-refractivity contribution >= 4 is 52.5 Å². The SMILES string of the molecule is CN=C(NCc1cccc2ccccc12)NC1CCCSC1.I. The first-order valence-corrected chi connectivity index (χ1v) is 9.04. The van der Waals surface area contributed by atoms with Crippen molar-refractivity contribution in [3.05, 3.63) is 48.0 Å². The van der Waals surface area contributed by atoms with Crippen LogP contribution in [0.3, 0.4) is 0 Å². The van der Waals surface area contributed by atoms with Crippen LogP contribution in [-0.4, -0.2) is 30.6 Å². The van der Waals surface area contributed by atoms with Crippen molar-refractivity contribution in [2.24, 2.45) is 4.99 Å². The Bertz CT molecular complexity index is 648. The number of benzene rings is 2. The third kappa shape index (κ3) is 5.01. The maximum atomic E-state index is 4.36. The van der Waals surface area contributed by atoms with Gasteiger partial charge in [0.2, 0.25) is 0 Å². The first-order chi connectivity index (χ1) is 10.9. The summed E-state index contributed by atoms with van der Waals surface area (Å²) >= 11 is 2.03. The van der Waals surface area contributed by atoms with Crippen molar-refractivity contribution in [2.75, 3.05) is 18.6 Å². The number of halogens is 1. The minimum absolute atomic E-state index is 0. The Balaban J connectivity index is 0.00000192. The van der Waals surface area contributed by atoms with Crippen molar-refractivity contribution in [3.8, 4) is 0 Å². The standard InChI is InChI=1S/C18H23N3S.HI/c1-19-18(21-16-9-5-11-22-13-16)20-12-15-8-4-7-14-6-2-3-10-17(14)15;/h2-4,6-8,10,16H,5,9,11-13H2,1H3,(H2,19,20,21);1H. The first-order valence-electron chi connectivity index (χ1n) is 7.88. The molecule has 1 aliphatic rings. The van der Waals surface area contributed by atoms with Crippen LogP contribution in [0.15, 0.2) is 47.5 Å². The molecule has 0 radical (unpaired) electrons. The molecular weight excluding hydrogens is 417 g/mol. The van der Waals surface area contributed by atoms with Crippen LogP contribution in [0.4, 0.5) is 0 Å². The average molecular weight is 441 g/mol. The zero-order chi connectivity index (χ0) is 15.2. The molecule has 1 heterocycles. The Morgan fingerprint density at radius 2 is 2.04 bits per heavy atom. The van der Waals surface area contributed by atoms with Gasteiger partial charge in [-0.15, -0.1) is 24.0 Å².